The van der Waals surface area contributed by atoms with E-state index in [4.69, 9.17) is 4.52 Å². The lowest BCUT2D eigenvalue weighted by molar-refractivity contribution is 0.216. The lowest BCUT2D eigenvalue weighted by atomic mass is 9.94. The van der Waals surface area contributed by atoms with Gasteiger partial charge in [0.15, 0.2) is 11.5 Å². The van der Waals surface area contributed by atoms with Crippen molar-refractivity contribution in [3.63, 3.8) is 0 Å². The van der Waals surface area contributed by atoms with E-state index in [0.717, 1.165) is 32.4 Å². The number of aromatic nitrogens is 5. The second-order valence-electron chi connectivity index (χ2n) is 6.97. The first-order chi connectivity index (χ1) is 13.1. The zero-order valence-electron chi connectivity index (χ0n) is 15.0. The number of rotatable bonds is 5. The van der Waals surface area contributed by atoms with Crippen LogP contribution < -0.4 is 0 Å². The number of benzene rings is 1. The first-order valence-corrected chi connectivity index (χ1v) is 8.93. The fraction of sp³-hybridized carbons (Fsp3) is 0.444. The number of piperidine rings is 1. The fourth-order valence-electron chi connectivity index (χ4n) is 3.28. The van der Waals surface area contributed by atoms with Crippen LogP contribution in [0.15, 0.2) is 28.9 Å². The smallest absolute Gasteiger partial charge is 0.280 e. The van der Waals surface area contributed by atoms with Gasteiger partial charge in [-0.1, -0.05) is 16.4 Å². The molecule has 142 valence electrons. The summed E-state index contributed by atoms with van der Waals surface area (Å²) in [6.45, 7) is 2.09. The molecule has 3 heterocycles. The van der Waals surface area contributed by atoms with Crippen molar-refractivity contribution < 1.29 is 13.3 Å². The molecule has 0 spiro atoms. The normalized spacial score (nSPS) is 16.1. The van der Waals surface area contributed by atoms with Crippen molar-refractivity contribution >= 4 is 0 Å². The number of halogens is 2. The van der Waals surface area contributed by atoms with E-state index in [1.54, 1.807) is 6.20 Å². The number of nitrogens with zero attached hydrogens (tertiary/aromatic N) is 6. The van der Waals surface area contributed by atoms with Gasteiger partial charge in [0, 0.05) is 12.0 Å². The molecular weight excluding hydrogens is 354 g/mol. The third kappa shape index (κ3) is 4.02. The van der Waals surface area contributed by atoms with E-state index in [1.165, 1.54) is 22.9 Å². The van der Waals surface area contributed by atoms with E-state index < -0.39 is 11.6 Å². The summed E-state index contributed by atoms with van der Waals surface area (Å²) in [5, 5.41) is 11.9. The van der Waals surface area contributed by atoms with Crippen LogP contribution in [0, 0.1) is 17.6 Å². The molecule has 0 amide bonds. The molecular formula is C18H20F2N6O. The van der Waals surface area contributed by atoms with Gasteiger partial charge in [-0.25, -0.2) is 13.5 Å². The number of hydrogen-bond acceptors (Lipinski definition) is 6. The van der Waals surface area contributed by atoms with Gasteiger partial charge in [0.1, 0.15) is 11.6 Å². The lowest BCUT2D eigenvalue weighted by Crippen LogP contribution is -2.31. The van der Waals surface area contributed by atoms with Crippen molar-refractivity contribution in [1.29, 1.82) is 0 Å². The minimum atomic E-state index is -0.620. The summed E-state index contributed by atoms with van der Waals surface area (Å²) < 4.78 is 34.2. The zero-order valence-corrected chi connectivity index (χ0v) is 15.0. The summed E-state index contributed by atoms with van der Waals surface area (Å²) in [7, 11) is 2.12. The van der Waals surface area contributed by atoms with E-state index in [0.29, 0.717) is 17.4 Å². The van der Waals surface area contributed by atoms with Crippen molar-refractivity contribution in [2.75, 3.05) is 20.1 Å². The Morgan fingerprint density at radius 1 is 1.19 bits per heavy atom. The molecule has 1 saturated heterocycles. The van der Waals surface area contributed by atoms with E-state index in [1.807, 2.05) is 0 Å². The molecule has 0 saturated carbocycles. The molecule has 0 unspecified atom stereocenters. The van der Waals surface area contributed by atoms with Gasteiger partial charge in [-0.05, 0) is 51.0 Å². The van der Waals surface area contributed by atoms with Crippen molar-refractivity contribution in [1.82, 2.24) is 30.0 Å². The molecule has 9 heteroatoms. The van der Waals surface area contributed by atoms with Gasteiger partial charge in [-0.2, -0.15) is 4.98 Å². The molecule has 0 radical (unpaired) electrons. The van der Waals surface area contributed by atoms with Crippen LogP contribution in [0.1, 0.15) is 24.2 Å². The predicted octanol–water partition coefficient (Wildman–Crippen LogP) is 2.54. The summed E-state index contributed by atoms with van der Waals surface area (Å²) in [4.78, 5) is 6.71. The highest BCUT2D eigenvalue weighted by Gasteiger charge is 2.21. The Balaban J connectivity index is 1.44. The van der Waals surface area contributed by atoms with E-state index >= 15 is 0 Å². The van der Waals surface area contributed by atoms with Crippen LogP contribution in [0.2, 0.25) is 0 Å². The van der Waals surface area contributed by atoms with Gasteiger partial charge in [-0.3, -0.25) is 0 Å². The van der Waals surface area contributed by atoms with Crippen LogP contribution in [-0.4, -0.2) is 50.2 Å². The second kappa shape index (κ2) is 7.51. The maximum Gasteiger partial charge on any atom is 0.280 e. The average Bonchev–Trinajstić information content (AvgIpc) is 3.30. The van der Waals surface area contributed by atoms with Crippen LogP contribution in [0.4, 0.5) is 8.78 Å². The molecule has 1 fully saturated rings. The zero-order chi connectivity index (χ0) is 18.8. The topological polar surface area (TPSA) is 72.9 Å². The minimum absolute atomic E-state index is 0.0672. The Morgan fingerprint density at radius 3 is 2.67 bits per heavy atom. The fourth-order valence-corrected chi connectivity index (χ4v) is 3.28. The Labute approximate surface area is 155 Å². The van der Waals surface area contributed by atoms with Crippen molar-refractivity contribution in [3.8, 4) is 11.6 Å². The molecule has 3 aromatic rings. The number of likely N-dealkylation sites (tertiary alicyclic amines) is 1. The summed E-state index contributed by atoms with van der Waals surface area (Å²) in [5.74, 6) is 0.217. The molecule has 4 rings (SSSR count). The largest absolute Gasteiger partial charge is 0.332 e. The Morgan fingerprint density at radius 2 is 1.93 bits per heavy atom. The third-order valence-electron chi connectivity index (χ3n) is 4.92. The highest BCUT2D eigenvalue weighted by molar-refractivity contribution is 5.43. The van der Waals surface area contributed by atoms with E-state index in [-0.39, 0.29) is 18.0 Å². The quantitative estimate of drug-likeness (QED) is 0.683. The van der Waals surface area contributed by atoms with E-state index in [9.17, 15) is 8.78 Å². The van der Waals surface area contributed by atoms with Crippen LogP contribution >= 0.6 is 0 Å². The first kappa shape index (κ1) is 17.7. The van der Waals surface area contributed by atoms with Crippen LogP contribution in [0.5, 0.6) is 0 Å². The molecule has 27 heavy (non-hydrogen) atoms. The lowest BCUT2D eigenvalue weighted by Gasteiger charge is -2.27. The van der Waals surface area contributed by atoms with Gasteiger partial charge < -0.3 is 9.42 Å². The molecule has 2 aromatic heterocycles. The second-order valence-corrected chi connectivity index (χ2v) is 6.97. The molecule has 0 N–H and O–H groups in total. The Bertz CT molecular complexity index is 896. The molecule has 0 atom stereocenters. The number of hydrogen-bond donors (Lipinski definition) is 0. The summed E-state index contributed by atoms with van der Waals surface area (Å²) in [6.07, 6.45) is 4.54. The van der Waals surface area contributed by atoms with E-state index in [2.05, 4.69) is 32.4 Å². The molecule has 1 aliphatic rings. The molecule has 0 aliphatic carbocycles. The van der Waals surface area contributed by atoms with Crippen LogP contribution in [0.3, 0.4) is 0 Å². The standard InChI is InChI=1S/C18H20F2N6O/c1-25-7-5-12(6-8-25)9-17-21-18(27-23-17)16-11-26(24-22-16)10-13-14(19)3-2-4-15(13)20/h2-4,11-12H,5-10H2,1H3. The predicted molar refractivity (Wildman–Crippen MR) is 92.7 cm³/mol. The summed E-state index contributed by atoms with van der Waals surface area (Å²) in [6, 6.07) is 3.75. The first-order valence-electron chi connectivity index (χ1n) is 8.93. The summed E-state index contributed by atoms with van der Waals surface area (Å²) in [5.41, 5.74) is 0.316. The third-order valence-corrected chi connectivity index (χ3v) is 4.92. The minimum Gasteiger partial charge on any atom is -0.332 e. The molecule has 1 aromatic carbocycles. The van der Waals surface area contributed by atoms with Gasteiger partial charge >= 0.3 is 0 Å². The van der Waals surface area contributed by atoms with Gasteiger partial charge in [0.05, 0.1) is 12.7 Å². The highest BCUT2D eigenvalue weighted by atomic mass is 19.1. The maximum absolute atomic E-state index is 13.8. The van der Waals surface area contributed by atoms with Crippen molar-refractivity contribution in [2.45, 2.75) is 25.8 Å². The maximum atomic E-state index is 13.8. The molecule has 1 aliphatic heterocycles. The van der Waals surface area contributed by atoms with Crippen LogP contribution in [0.25, 0.3) is 11.6 Å². The average molecular weight is 374 g/mol. The summed E-state index contributed by atoms with van der Waals surface area (Å²) >= 11 is 0. The Hall–Kier alpha value is -2.68. The van der Waals surface area contributed by atoms with Gasteiger partial charge in [0.25, 0.3) is 5.89 Å². The highest BCUT2D eigenvalue weighted by Crippen LogP contribution is 2.21. The molecule has 7 nitrogen and oxygen atoms in total. The monoisotopic (exact) mass is 374 g/mol. The van der Waals surface area contributed by atoms with Gasteiger partial charge in [0.2, 0.25) is 0 Å². The van der Waals surface area contributed by atoms with Crippen molar-refractivity contribution in [2.24, 2.45) is 5.92 Å². The van der Waals surface area contributed by atoms with Crippen molar-refractivity contribution in [3.05, 3.63) is 47.4 Å². The molecule has 0 bridgehead atoms. The SMILES string of the molecule is CN1CCC(Cc2noc(-c3cn(Cc4c(F)cccc4F)nn3)n2)CC1. The Kier molecular flexibility index (Phi) is 4.93. The van der Waals surface area contributed by atoms with Gasteiger partial charge in [-0.15, -0.1) is 5.10 Å². The van der Waals surface area contributed by atoms with Crippen LogP contribution in [-0.2, 0) is 13.0 Å².